The van der Waals surface area contributed by atoms with E-state index in [1.54, 1.807) is 0 Å². The van der Waals surface area contributed by atoms with Gasteiger partial charge in [-0.05, 0) is 34.7 Å². The monoisotopic (exact) mass is 356 g/mol. The van der Waals surface area contributed by atoms with Crippen LogP contribution in [0.4, 0.5) is 0 Å². The van der Waals surface area contributed by atoms with Crippen molar-refractivity contribution in [3.8, 4) is 0 Å². The van der Waals surface area contributed by atoms with Crippen LogP contribution in [0.25, 0.3) is 10.8 Å². The molecule has 0 saturated carbocycles. The fraction of sp³-hybridized carbons (Fsp3) is 0.455. The number of esters is 2. The van der Waals surface area contributed by atoms with E-state index in [2.05, 4.69) is 13.8 Å². The van der Waals surface area contributed by atoms with Crippen LogP contribution in [0.3, 0.4) is 0 Å². The number of hydrogen-bond donors (Lipinski definition) is 0. The first-order valence-corrected chi connectivity index (χ1v) is 9.46. The zero-order chi connectivity index (χ0) is 18.8. The normalized spacial score (nSPS) is 10.7. The van der Waals surface area contributed by atoms with Crippen LogP contribution in [0.1, 0.15) is 63.5 Å². The standard InChI is InChI=1S/C22H28O4/c1-3-5-11-21(23)25-15-17-13-14-18(16-26-22(24)12-6-4-2)20-10-8-7-9-19(17)20/h7-10,13-14H,3-6,11-12,15-16H2,1-2H3. The molecule has 0 aliphatic heterocycles. The van der Waals surface area contributed by atoms with Gasteiger partial charge in [0.05, 0.1) is 0 Å². The molecule has 0 saturated heterocycles. The first-order valence-electron chi connectivity index (χ1n) is 9.46. The average Bonchev–Trinajstić information content (AvgIpc) is 2.67. The van der Waals surface area contributed by atoms with E-state index in [1.165, 1.54) is 0 Å². The third-order valence-electron chi connectivity index (χ3n) is 4.35. The van der Waals surface area contributed by atoms with Gasteiger partial charge in [0, 0.05) is 12.8 Å². The Labute approximate surface area is 155 Å². The van der Waals surface area contributed by atoms with E-state index < -0.39 is 0 Å². The van der Waals surface area contributed by atoms with E-state index in [0.717, 1.165) is 47.6 Å². The van der Waals surface area contributed by atoms with Crippen LogP contribution in [0.2, 0.25) is 0 Å². The van der Waals surface area contributed by atoms with Gasteiger partial charge in [-0.25, -0.2) is 0 Å². The van der Waals surface area contributed by atoms with Crippen molar-refractivity contribution >= 4 is 22.7 Å². The lowest BCUT2D eigenvalue weighted by Crippen LogP contribution is -2.06. The number of fused-ring (bicyclic) bond motifs is 1. The van der Waals surface area contributed by atoms with Crippen LogP contribution in [-0.2, 0) is 32.3 Å². The van der Waals surface area contributed by atoms with Crippen molar-refractivity contribution in [3.05, 3.63) is 47.5 Å². The van der Waals surface area contributed by atoms with Gasteiger partial charge in [0.15, 0.2) is 0 Å². The molecule has 0 heterocycles. The molecular weight excluding hydrogens is 328 g/mol. The molecule has 4 nitrogen and oxygen atoms in total. The van der Waals surface area contributed by atoms with Gasteiger partial charge >= 0.3 is 11.9 Å². The highest BCUT2D eigenvalue weighted by atomic mass is 16.5. The summed E-state index contributed by atoms with van der Waals surface area (Å²) in [4.78, 5) is 23.5. The lowest BCUT2D eigenvalue weighted by atomic mass is 10.0. The van der Waals surface area contributed by atoms with E-state index in [0.29, 0.717) is 12.8 Å². The number of ether oxygens (including phenoxy) is 2. The van der Waals surface area contributed by atoms with Crippen LogP contribution in [0.15, 0.2) is 36.4 Å². The predicted molar refractivity (Wildman–Crippen MR) is 103 cm³/mol. The summed E-state index contributed by atoms with van der Waals surface area (Å²) in [6, 6.07) is 11.8. The van der Waals surface area contributed by atoms with Gasteiger partial charge in [-0.2, -0.15) is 0 Å². The number of carbonyl (C=O) groups excluding carboxylic acids is 2. The highest BCUT2D eigenvalue weighted by Crippen LogP contribution is 2.24. The Morgan fingerprint density at radius 1 is 0.731 bits per heavy atom. The fourth-order valence-electron chi connectivity index (χ4n) is 2.78. The number of hydrogen-bond acceptors (Lipinski definition) is 4. The molecule has 0 bridgehead atoms. The van der Waals surface area contributed by atoms with Gasteiger partial charge in [-0.15, -0.1) is 0 Å². The van der Waals surface area contributed by atoms with Crippen LogP contribution in [0, 0.1) is 0 Å². The Balaban J connectivity index is 2.07. The first-order chi connectivity index (χ1) is 12.7. The Bertz CT molecular complexity index is 673. The van der Waals surface area contributed by atoms with Crippen molar-refractivity contribution < 1.29 is 19.1 Å². The third kappa shape index (κ3) is 5.87. The van der Waals surface area contributed by atoms with Crippen LogP contribution >= 0.6 is 0 Å². The molecule has 0 spiro atoms. The maximum absolute atomic E-state index is 11.8. The van der Waals surface area contributed by atoms with E-state index >= 15 is 0 Å². The number of benzene rings is 2. The molecule has 0 N–H and O–H groups in total. The molecule has 0 aliphatic carbocycles. The minimum absolute atomic E-state index is 0.162. The summed E-state index contributed by atoms with van der Waals surface area (Å²) >= 11 is 0. The lowest BCUT2D eigenvalue weighted by Gasteiger charge is -2.12. The SMILES string of the molecule is CCCCC(=O)OCc1ccc(COC(=O)CCCC)c2ccccc12. The Hall–Kier alpha value is -2.36. The topological polar surface area (TPSA) is 52.6 Å². The molecule has 2 aromatic carbocycles. The third-order valence-corrected chi connectivity index (χ3v) is 4.35. The zero-order valence-electron chi connectivity index (χ0n) is 15.8. The fourth-order valence-corrected chi connectivity index (χ4v) is 2.78. The maximum Gasteiger partial charge on any atom is 0.306 e. The summed E-state index contributed by atoms with van der Waals surface area (Å²) in [5.41, 5.74) is 1.93. The second kappa shape index (κ2) is 10.6. The van der Waals surface area contributed by atoms with Gasteiger partial charge < -0.3 is 9.47 Å². The number of rotatable bonds is 10. The molecule has 0 fully saturated rings. The second-order valence-electron chi connectivity index (χ2n) is 6.46. The molecule has 0 unspecified atom stereocenters. The number of carbonyl (C=O) groups is 2. The first kappa shape index (κ1) is 20.0. The molecule has 0 aromatic heterocycles. The second-order valence-corrected chi connectivity index (χ2v) is 6.46. The van der Waals surface area contributed by atoms with E-state index in [9.17, 15) is 9.59 Å². The van der Waals surface area contributed by atoms with Crippen molar-refractivity contribution in [2.24, 2.45) is 0 Å². The van der Waals surface area contributed by atoms with Gasteiger partial charge in [-0.3, -0.25) is 9.59 Å². The van der Waals surface area contributed by atoms with Crippen molar-refractivity contribution in [3.63, 3.8) is 0 Å². The van der Waals surface area contributed by atoms with Gasteiger partial charge in [0.1, 0.15) is 13.2 Å². The lowest BCUT2D eigenvalue weighted by molar-refractivity contribution is -0.146. The van der Waals surface area contributed by atoms with Gasteiger partial charge in [0.2, 0.25) is 0 Å². The van der Waals surface area contributed by atoms with Crippen molar-refractivity contribution in [1.29, 1.82) is 0 Å². The zero-order valence-corrected chi connectivity index (χ0v) is 15.8. The summed E-state index contributed by atoms with van der Waals surface area (Å²) < 4.78 is 10.8. The largest absolute Gasteiger partial charge is 0.461 e. The smallest absolute Gasteiger partial charge is 0.306 e. The molecule has 2 aromatic rings. The molecule has 26 heavy (non-hydrogen) atoms. The Morgan fingerprint density at radius 2 is 1.15 bits per heavy atom. The molecular formula is C22H28O4. The van der Waals surface area contributed by atoms with E-state index in [1.807, 2.05) is 36.4 Å². The minimum Gasteiger partial charge on any atom is -0.461 e. The molecule has 140 valence electrons. The highest BCUT2D eigenvalue weighted by molar-refractivity contribution is 5.89. The van der Waals surface area contributed by atoms with E-state index in [4.69, 9.17) is 9.47 Å². The van der Waals surface area contributed by atoms with Crippen LogP contribution < -0.4 is 0 Å². The average molecular weight is 356 g/mol. The molecule has 0 amide bonds. The summed E-state index contributed by atoms with van der Waals surface area (Å²) in [5.74, 6) is -0.324. The molecule has 0 atom stereocenters. The summed E-state index contributed by atoms with van der Waals surface area (Å²) in [7, 11) is 0. The maximum atomic E-state index is 11.8. The highest BCUT2D eigenvalue weighted by Gasteiger charge is 2.10. The van der Waals surface area contributed by atoms with Crippen molar-refractivity contribution in [2.75, 3.05) is 0 Å². The molecule has 0 aliphatic rings. The summed E-state index contributed by atoms with van der Waals surface area (Å²) in [6.07, 6.45) is 4.57. The molecule has 2 rings (SSSR count). The molecule has 4 heteroatoms. The quantitative estimate of drug-likeness (QED) is 0.542. The minimum atomic E-state index is -0.162. The Morgan fingerprint density at radius 3 is 1.54 bits per heavy atom. The summed E-state index contributed by atoms with van der Waals surface area (Å²) in [5, 5.41) is 2.05. The summed E-state index contributed by atoms with van der Waals surface area (Å²) in [6.45, 7) is 4.63. The number of unbranched alkanes of at least 4 members (excludes halogenated alkanes) is 2. The predicted octanol–water partition coefficient (Wildman–Crippen LogP) is 5.31. The molecule has 0 radical (unpaired) electrons. The van der Waals surface area contributed by atoms with Crippen molar-refractivity contribution in [2.45, 2.75) is 65.6 Å². The Kier molecular flexibility index (Phi) is 8.13. The van der Waals surface area contributed by atoms with Crippen LogP contribution in [-0.4, -0.2) is 11.9 Å². The van der Waals surface area contributed by atoms with Gasteiger partial charge in [0.25, 0.3) is 0 Å². The van der Waals surface area contributed by atoms with Crippen LogP contribution in [0.5, 0.6) is 0 Å². The van der Waals surface area contributed by atoms with E-state index in [-0.39, 0.29) is 25.2 Å². The van der Waals surface area contributed by atoms with Gasteiger partial charge in [-0.1, -0.05) is 63.1 Å². The van der Waals surface area contributed by atoms with Crippen molar-refractivity contribution in [1.82, 2.24) is 0 Å².